The third-order valence-electron chi connectivity index (χ3n) is 13.2. The Balaban J connectivity index is 0.901. The highest BCUT2D eigenvalue weighted by Crippen LogP contribution is 2.43. The second-order valence-corrected chi connectivity index (χ2v) is 16.7. The summed E-state index contributed by atoms with van der Waals surface area (Å²) in [6.45, 7) is 0. The smallest absolute Gasteiger partial charge is 0.0541 e. The van der Waals surface area contributed by atoms with Gasteiger partial charge in [0.05, 0.1) is 22.1 Å². The van der Waals surface area contributed by atoms with Crippen LogP contribution in [0.25, 0.3) is 93.9 Å². The van der Waals surface area contributed by atoms with Gasteiger partial charge in [-0.2, -0.15) is 0 Å². The van der Waals surface area contributed by atoms with E-state index in [1.54, 1.807) is 0 Å². The number of hydrogen-bond acceptors (Lipinski definition) is 0. The van der Waals surface area contributed by atoms with E-state index in [1.807, 2.05) is 0 Å². The Morgan fingerprint density at radius 1 is 0.387 bits per heavy atom. The Hall–Kier alpha value is -7.68. The molecule has 2 nitrogen and oxygen atoms in total. The first-order valence-corrected chi connectivity index (χ1v) is 21.9. The SMILES string of the molecule is C1=CCC(c2ccc(C3=CCCC=C3)cc2)C(n2c3ccccc3c3cc(-c4ccc5c(c4)c4ccccc4n5-c4ccc(-c5ccc(-c6ccccc6)cc5)cc4)ccc32)=C1. The number of fused-ring (bicyclic) bond motifs is 6. The molecule has 0 amide bonds. The first kappa shape index (κ1) is 36.2. The zero-order valence-corrected chi connectivity index (χ0v) is 34.5. The molecule has 2 heterocycles. The number of benzene rings is 8. The van der Waals surface area contributed by atoms with Gasteiger partial charge in [0.2, 0.25) is 0 Å². The molecule has 2 aromatic heterocycles. The number of hydrogen-bond donors (Lipinski definition) is 0. The summed E-state index contributed by atoms with van der Waals surface area (Å²) in [4.78, 5) is 0. The van der Waals surface area contributed by atoms with Crippen molar-refractivity contribution in [2.45, 2.75) is 25.2 Å². The fraction of sp³-hybridized carbons (Fsp3) is 0.0667. The minimum atomic E-state index is 0.256. The molecule has 1 unspecified atom stereocenters. The fourth-order valence-electron chi connectivity index (χ4n) is 10.0. The summed E-state index contributed by atoms with van der Waals surface area (Å²) in [5.41, 5.74) is 18.7. The molecule has 62 heavy (non-hydrogen) atoms. The fourth-order valence-corrected chi connectivity index (χ4v) is 10.0. The van der Waals surface area contributed by atoms with E-state index in [2.05, 4.69) is 234 Å². The molecule has 2 aliphatic carbocycles. The maximum absolute atomic E-state index is 2.52. The lowest BCUT2D eigenvalue weighted by Gasteiger charge is -2.25. The number of aromatic nitrogens is 2. The van der Waals surface area contributed by atoms with Crippen LogP contribution in [-0.4, -0.2) is 9.13 Å². The van der Waals surface area contributed by atoms with Gasteiger partial charge in [0, 0.05) is 38.8 Å². The summed E-state index contributed by atoms with van der Waals surface area (Å²) < 4.78 is 4.93. The molecule has 0 N–H and O–H groups in total. The van der Waals surface area contributed by atoms with Crippen molar-refractivity contribution in [1.82, 2.24) is 9.13 Å². The van der Waals surface area contributed by atoms with Crippen molar-refractivity contribution < 1.29 is 0 Å². The first-order valence-electron chi connectivity index (χ1n) is 21.9. The molecule has 2 heteroatoms. The first-order chi connectivity index (χ1) is 30.7. The van der Waals surface area contributed by atoms with Gasteiger partial charge in [-0.25, -0.2) is 0 Å². The van der Waals surface area contributed by atoms with Crippen LogP contribution in [0, 0.1) is 0 Å². The standard InChI is InChI=1S/C60H44N2/c1-3-13-41(14-4-1)43-23-25-45(26-24-43)46-31-35-50(36-32-46)61-57-21-11-8-18-52(57)54-39-48(33-37-59(54)61)49-34-38-60-55(40-49)53-19-9-12-22-58(53)62(60)56-20-10-7-17-51(56)47-29-27-44(28-30-47)42-15-5-2-6-16-42/h1,3-5,7-16,18-40,51H,2,6,17H2. The molecule has 0 bridgehead atoms. The van der Waals surface area contributed by atoms with E-state index in [0.717, 1.165) is 24.9 Å². The third-order valence-corrected chi connectivity index (χ3v) is 13.2. The minimum Gasteiger partial charge on any atom is -0.312 e. The highest BCUT2D eigenvalue weighted by molar-refractivity contribution is 6.13. The molecule has 0 fully saturated rings. The number of para-hydroxylation sites is 2. The zero-order chi connectivity index (χ0) is 41.0. The van der Waals surface area contributed by atoms with E-state index in [4.69, 9.17) is 0 Å². The Kier molecular flexibility index (Phi) is 8.81. The molecule has 8 aromatic carbocycles. The van der Waals surface area contributed by atoms with Crippen LogP contribution in [0.1, 0.15) is 36.3 Å². The summed E-state index contributed by atoms with van der Waals surface area (Å²) in [7, 11) is 0. The van der Waals surface area contributed by atoms with Gasteiger partial charge in [0.1, 0.15) is 0 Å². The molecule has 0 spiro atoms. The largest absolute Gasteiger partial charge is 0.312 e. The number of rotatable bonds is 7. The van der Waals surface area contributed by atoms with Crippen LogP contribution in [0.15, 0.2) is 225 Å². The Morgan fingerprint density at radius 2 is 0.903 bits per heavy atom. The molecule has 294 valence electrons. The summed E-state index contributed by atoms with van der Waals surface area (Å²) in [5.74, 6) is 0.256. The molecule has 2 aliphatic rings. The van der Waals surface area contributed by atoms with Crippen LogP contribution in [-0.2, 0) is 0 Å². The average Bonchev–Trinajstić information content (AvgIpc) is 3.87. The molecule has 0 aliphatic heterocycles. The molecule has 0 saturated heterocycles. The molecular weight excluding hydrogens is 749 g/mol. The molecule has 1 atom stereocenters. The van der Waals surface area contributed by atoms with Gasteiger partial charge < -0.3 is 9.13 Å². The van der Waals surface area contributed by atoms with Crippen molar-refractivity contribution in [3.63, 3.8) is 0 Å². The van der Waals surface area contributed by atoms with E-state index < -0.39 is 0 Å². The van der Waals surface area contributed by atoms with Crippen LogP contribution in [0.3, 0.4) is 0 Å². The van der Waals surface area contributed by atoms with Gasteiger partial charge in [0.25, 0.3) is 0 Å². The predicted octanol–water partition coefficient (Wildman–Crippen LogP) is 16.2. The van der Waals surface area contributed by atoms with Gasteiger partial charge >= 0.3 is 0 Å². The van der Waals surface area contributed by atoms with Crippen molar-refractivity contribution in [2.75, 3.05) is 0 Å². The lowest BCUT2D eigenvalue weighted by Crippen LogP contribution is -2.10. The minimum absolute atomic E-state index is 0.256. The van der Waals surface area contributed by atoms with Gasteiger partial charge in [-0.3, -0.25) is 0 Å². The number of nitrogens with zero attached hydrogens (tertiary/aromatic N) is 2. The zero-order valence-electron chi connectivity index (χ0n) is 34.5. The molecular formula is C60H44N2. The Bertz CT molecular complexity index is 3440. The van der Waals surface area contributed by atoms with Crippen LogP contribution in [0.2, 0.25) is 0 Å². The lowest BCUT2D eigenvalue weighted by atomic mass is 9.87. The van der Waals surface area contributed by atoms with Crippen molar-refractivity contribution >= 4 is 54.9 Å². The van der Waals surface area contributed by atoms with Gasteiger partial charge in [0.15, 0.2) is 0 Å². The summed E-state index contributed by atoms with van der Waals surface area (Å²) in [6, 6.07) is 69.6. The maximum Gasteiger partial charge on any atom is 0.0541 e. The molecule has 0 radical (unpaired) electrons. The van der Waals surface area contributed by atoms with E-state index in [-0.39, 0.29) is 5.92 Å². The summed E-state index contributed by atoms with van der Waals surface area (Å²) in [6.07, 6.45) is 17.0. The van der Waals surface area contributed by atoms with Crippen molar-refractivity contribution in [3.8, 4) is 39.1 Å². The lowest BCUT2D eigenvalue weighted by molar-refractivity contribution is 0.830. The topological polar surface area (TPSA) is 9.86 Å². The van der Waals surface area contributed by atoms with Crippen LogP contribution in [0.4, 0.5) is 0 Å². The predicted molar refractivity (Wildman–Crippen MR) is 264 cm³/mol. The quantitative estimate of drug-likeness (QED) is 0.152. The van der Waals surface area contributed by atoms with Crippen molar-refractivity contribution in [2.24, 2.45) is 0 Å². The highest BCUT2D eigenvalue weighted by Gasteiger charge is 2.24. The summed E-state index contributed by atoms with van der Waals surface area (Å²) in [5, 5.41) is 5.06. The molecule has 10 aromatic rings. The van der Waals surface area contributed by atoms with Gasteiger partial charge in [-0.05, 0) is 124 Å². The van der Waals surface area contributed by atoms with Crippen molar-refractivity contribution in [3.05, 3.63) is 236 Å². The normalized spacial score (nSPS) is 15.1. The second-order valence-electron chi connectivity index (χ2n) is 16.7. The van der Waals surface area contributed by atoms with E-state index in [1.165, 1.54) is 99.4 Å². The van der Waals surface area contributed by atoms with Crippen LogP contribution >= 0.6 is 0 Å². The highest BCUT2D eigenvalue weighted by atomic mass is 15.0. The number of allylic oxidation sites excluding steroid dienone is 8. The third kappa shape index (κ3) is 6.18. The van der Waals surface area contributed by atoms with Gasteiger partial charge in [-0.1, -0.05) is 170 Å². The molecule has 0 saturated carbocycles. The van der Waals surface area contributed by atoms with Crippen LogP contribution < -0.4 is 0 Å². The van der Waals surface area contributed by atoms with E-state index in [9.17, 15) is 0 Å². The Labute approximate surface area is 362 Å². The Morgan fingerprint density at radius 3 is 1.53 bits per heavy atom. The monoisotopic (exact) mass is 792 g/mol. The van der Waals surface area contributed by atoms with Gasteiger partial charge in [-0.15, -0.1) is 0 Å². The second kappa shape index (κ2) is 15.1. The van der Waals surface area contributed by atoms with E-state index in [0.29, 0.717) is 0 Å². The average molecular weight is 793 g/mol. The van der Waals surface area contributed by atoms with Crippen LogP contribution in [0.5, 0.6) is 0 Å². The van der Waals surface area contributed by atoms with Crippen molar-refractivity contribution in [1.29, 1.82) is 0 Å². The molecule has 12 rings (SSSR count). The summed E-state index contributed by atoms with van der Waals surface area (Å²) >= 11 is 0. The maximum atomic E-state index is 2.52. The van der Waals surface area contributed by atoms with E-state index >= 15 is 0 Å².